The van der Waals surface area contributed by atoms with Crippen LogP contribution < -0.4 is 16.4 Å². The normalized spacial score (nSPS) is 11.1. The van der Waals surface area contributed by atoms with Gasteiger partial charge in [-0.2, -0.15) is 8.42 Å². The van der Waals surface area contributed by atoms with Gasteiger partial charge in [0, 0.05) is 16.3 Å². The quantitative estimate of drug-likeness (QED) is 0.250. The van der Waals surface area contributed by atoms with Crippen LogP contribution in [0.2, 0.25) is 0 Å². The molecule has 0 atom stereocenters. The van der Waals surface area contributed by atoms with Crippen molar-refractivity contribution in [1.29, 1.82) is 0 Å². The van der Waals surface area contributed by atoms with Gasteiger partial charge < -0.3 is 16.4 Å². The van der Waals surface area contributed by atoms with Crippen molar-refractivity contribution < 1.29 is 13.0 Å². The molecule has 112 valence electrons. The summed E-state index contributed by atoms with van der Waals surface area (Å²) in [7, 11) is -4.33. The molecule has 0 saturated carbocycles. The summed E-state index contributed by atoms with van der Waals surface area (Å²) >= 11 is 4.19. The Morgan fingerprint density at radius 3 is 2.24 bits per heavy atom. The number of nitrogen functional groups attached to an aromatic ring is 1. The molecule has 6 nitrogen and oxygen atoms in total. The number of nitrogens with two attached hydrogens (primary N) is 1. The zero-order valence-electron chi connectivity index (χ0n) is 10.9. The first-order chi connectivity index (χ1) is 9.86. The standard InChI is InChI=1S/C13H15N3O3S2/c14-12-6-3-10(7-13(12)21(17,18)19)16-8-15-9-1-4-11(20)5-2-9/h1-7,15-16,20H,8,14H2,(H,17,18,19). The fourth-order valence-electron chi connectivity index (χ4n) is 1.70. The van der Waals surface area contributed by atoms with Crippen LogP contribution in [0.3, 0.4) is 0 Å². The van der Waals surface area contributed by atoms with E-state index in [0.29, 0.717) is 12.4 Å². The van der Waals surface area contributed by atoms with Gasteiger partial charge >= 0.3 is 0 Å². The second-order valence-electron chi connectivity index (χ2n) is 4.30. The van der Waals surface area contributed by atoms with Crippen LogP contribution in [0.1, 0.15) is 0 Å². The molecule has 21 heavy (non-hydrogen) atoms. The van der Waals surface area contributed by atoms with Gasteiger partial charge in [-0.25, -0.2) is 0 Å². The fourth-order valence-corrected chi connectivity index (χ4v) is 2.49. The van der Waals surface area contributed by atoms with Crippen molar-refractivity contribution in [2.45, 2.75) is 9.79 Å². The highest BCUT2D eigenvalue weighted by atomic mass is 32.2. The molecule has 2 aromatic rings. The number of rotatable bonds is 5. The van der Waals surface area contributed by atoms with E-state index in [4.69, 9.17) is 10.3 Å². The van der Waals surface area contributed by atoms with Crippen molar-refractivity contribution in [3.8, 4) is 0 Å². The van der Waals surface area contributed by atoms with Crippen molar-refractivity contribution in [2.75, 3.05) is 23.0 Å². The van der Waals surface area contributed by atoms with Crippen molar-refractivity contribution >= 4 is 39.8 Å². The van der Waals surface area contributed by atoms with Gasteiger partial charge in [0.25, 0.3) is 10.1 Å². The van der Waals surface area contributed by atoms with E-state index < -0.39 is 10.1 Å². The molecule has 0 amide bonds. The molecule has 0 heterocycles. The predicted octanol–water partition coefficient (Wildman–Crippen LogP) is 2.29. The molecular weight excluding hydrogens is 310 g/mol. The average Bonchev–Trinajstić information content (AvgIpc) is 2.41. The Morgan fingerprint density at radius 1 is 1.05 bits per heavy atom. The molecule has 0 aromatic heterocycles. The Bertz CT molecular complexity index is 731. The lowest BCUT2D eigenvalue weighted by Gasteiger charge is -2.11. The Hall–Kier alpha value is -1.90. The first-order valence-electron chi connectivity index (χ1n) is 6.00. The van der Waals surface area contributed by atoms with Crippen molar-refractivity contribution in [2.24, 2.45) is 0 Å². The maximum atomic E-state index is 11.2. The van der Waals surface area contributed by atoms with E-state index in [-0.39, 0.29) is 10.6 Å². The minimum atomic E-state index is -4.33. The van der Waals surface area contributed by atoms with Crippen molar-refractivity contribution in [1.82, 2.24) is 0 Å². The molecule has 0 unspecified atom stereocenters. The summed E-state index contributed by atoms with van der Waals surface area (Å²) in [5.41, 5.74) is 6.94. The zero-order chi connectivity index (χ0) is 15.5. The monoisotopic (exact) mass is 325 g/mol. The van der Waals surface area contributed by atoms with Crippen LogP contribution >= 0.6 is 12.6 Å². The van der Waals surface area contributed by atoms with Gasteiger partial charge in [-0.15, -0.1) is 12.6 Å². The molecule has 8 heteroatoms. The molecule has 0 aliphatic carbocycles. The van der Waals surface area contributed by atoms with Crippen molar-refractivity contribution in [3.63, 3.8) is 0 Å². The molecule has 0 bridgehead atoms. The Morgan fingerprint density at radius 2 is 1.62 bits per heavy atom. The molecule has 0 fully saturated rings. The molecule has 2 aromatic carbocycles. The summed E-state index contributed by atoms with van der Waals surface area (Å²) in [6.07, 6.45) is 0. The molecule has 0 saturated heterocycles. The van der Waals surface area contributed by atoms with E-state index in [1.54, 1.807) is 6.07 Å². The lowest BCUT2D eigenvalue weighted by molar-refractivity contribution is 0.483. The van der Waals surface area contributed by atoms with Gasteiger partial charge in [0.15, 0.2) is 0 Å². The minimum absolute atomic E-state index is 0.000349. The first-order valence-corrected chi connectivity index (χ1v) is 7.89. The van der Waals surface area contributed by atoms with E-state index in [0.717, 1.165) is 10.6 Å². The summed E-state index contributed by atoms with van der Waals surface area (Å²) in [6, 6.07) is 11.8. The van der Waals surface area contributed by atoms with Crippen LogP contribution in [0.15, 0.2) is 52.3 Å². The van der Waals surface area contributed by atoms with Crippen LogP contribution in [-0.4, -0.2) is 19.6 Å². The van der Waals surface area contributed by atoms with Gasteiger partial charge in [-0.05, 0) is 42.5 Å². The minimum Gasteiger partial charge on any atom is -0.398 e. The van der Waals surface area contributed by atoms with Crippen LogP contribution in [0, 0.1) is 0 Å². The highest BCUT2D eigenvalue weighted by Gasteiger charge is 2.14. The lowest BCUT2D eigenvalue weighted by atomic mass is 10.3. The maximum absolute atomic E-state index is 11.2. The van der Waals surface area contributed by atoms with Crippen LogP contribution in [0.5, 0.6) is 0 Å². The number of nitrogens with one attached hydrogen (secondary N) is 2. The highest BCUT2D eigenvalue weighted by Crippen LogP contribution is 2.22. The van der Waals surface area contributed by atoms with Gasteiger partial charge in [0.05, 0.1) is 12.4 Å². The number of hydrogen-bond donors (Lipinski definition) is 5. The van der Waals surface area contributed by atoms with Gasteiger partial charge in [-0.1, -0.05) is 0 Å². The molecule has 0 aliphatic rings. The summed E-state index contributed by atoms with van der Waals surface area (Å²) in [4.78, 5) is 0.553. The average molecular weight is 325 g/mol. The SMILES string of the molecule is Nc1ccc(NCNc2ccc(S)cc2)cc1S(=O)(=O)O. The molecular formula is C13H15N3O3S2. The summed E-state index contributed by atoms with van der Waals surface area (Å²) in [6.45, 7) is 0.376. The number of anilines is 3. The summed E-state index contributed by atoms with van der Waals surface area (Å²) in [5, 5.41) is 6.09. The molecule has 0 radical (unpaired) electrons. The Balaban J connectivity index is 2.02. The first kappa shape index (κ1) is 15.5. The second-order valence-corrected chi connectivity index (χ2v) is 6.21. The van der Waals surface area contributed by atoms with E-state index in [1.165, 1.54) is 12.1 Å². The van der Waals surface area contributed by atoms with E-state index >= 15 is 0 Å². The van der Waals surface area contributed by atoms with E-state index in [1.807, 2.05) is 24.3 Å². The second kappa shape index (κ2) is 6.25. The third kappa shape index (κ3) is 4.28. The number of hydrogen-bond acceptors (Lipinski definition) is 6. The van der Waals surface area contributed by atoms with Crippen LogP contribution in [0.25, 0.3) is 0 Å². The van der Waals surface area contributed by atoms with Crippen molar-refractivity contribution in [3.05, 3.63) is 42.5 Å². The highest BCUT2D eigenvalue weighted by molar-refractivity contribution is 7.86. The lowest BCUT2D eigenvalue weighted by Crippen LogP contribution is -2.12. The smallest absolute Gasteiger partial charge is 0.296 e. The maximum Gasteiger partial charge on any atom is 0.296 e. The third-order valence-corrected chi connectivity index (χ3v) is 3.95. The van der Waals surface area contributed by atoms with E-state index in [2.05, 4.69) is 23.3 Å². The molecule has 2 rings (SSSR count). The Labute approximate surface area is 128 Å². The van der Waals surface area contributed by atoms with E-state index in [9.17, 15) is 8.42 Å². The predicted molar refractivity (Wildman–Crippen MR) is 86.5 cm³/mol. The number of thiol groups is 1. The molecule has 5 N–H and O–H groups in total. The third-order valence-electron chi connectivity index (χ3n) is 2.74. The summed E-state index contributed by atoms with van der Waals surface area (Å²) in [5.74, 6) is 0. The Kier molecular flexibility index (Phi) is 4.61. The largest absolute Gasteiger partial charge is 0.398 e. The van der Waals surface area contributed by atoms with Gasteiger partial charge in [0.1, 0.15) is 4.90 Å². The van der Waals surface area contributed by atoms with Gasteiger partial charge in [-0.3, -0.25) is 4.55 Å². The zero-order valence-corrected chi connectivity index (χ0v) is 12.7. The fraction of sp³-hybridized carbons (Fsp3) is 0.0769. The van der Waals surface area contributed by atoms with Gasteiger partial charge in [0.2, 0.25) is 0 Å². The van der Waals surface area contributed by atoms with Crippen LogP contribution in [-0.2, 0) is 10.1 Å². The molecule has 0 spiro atoms. The summed E-state index contributed by atoms with van der Waals surface area (Å²) < 4.78 is 31.4. The topological polar surface area (TPSA) is 104 Å². The number of benzene rings is 2. The molecule has 0 aliphatic heterocycles. The van der Waals surface area contributed by atoms with Crippen LogP contribution in [0.4, 0.5) is 17.1 Å².